The van der Waals surface area contributed by atoms with E-state index < -0.39 is 11.6 Å². The summed E-state index contributed by atoms with van der Waals surface area (Å²) in [5, 5.41) is 3.21. The van der Waals surface area contributed by atoms with Crippen molar-refractivity contribution in [2.75, 3.05) is 6.54 Å². The van der Waals surface area contributed by atoms with Crippen molar-refractivity contribution in [2.45, 2.75) is 25.8 Å². The van der Waals surface area contributed by atoms with E-state index in [0.29, 0.717) is 12.0 Å². The van der Waals surface area contributed by atoms with Crippen molar-refractivity contribution >= 4 is 15.9 Å². The van der Waals surface area contributed by atoms with Crippen molar-refractivity contribution in [3.8, 4) is 12.3 Å². The number of terminal acetylenes is 1. The first-order chi connectivity index (χ1) is 8.11. The molecule has 0 aliphatic heterocycles. The Hall–Kier alpha value is -0.920. The number of nitrogens with one attached hydrogen (secondary N) is 1. The maximum absolute atomic E-state index is 13.4. The lowest BCUT2D eigenvalue weighted by atomic mass is 10.0. The molecule has 1 unspecified atom stereocenters. The van der Waals surface area contributed by atoms with Gasteiger partial charge in [0.15, 0.2) is 11.6 Å². The van der Waals surface area contributed by atoms with Gasteiger partial charge in [0.1, 0.15) is 0 Å². The van der Waals surface area contributed by atoms with E-state index in [1.165, 1.54) is 0 Å². The van der Waals surface area contributed by atoms with E-state index in [1.807, 2.05) is 6.92 Å². The van der Waals surface area contributed by atoms with Crippen LogP contribution >= 0.6 is 15.9 Å². The Kier molecular flexibility index (Phi) is 5.60. The molecule has 1 atom stereocenters. The summed E-state index contributed by atoms with van der Waals surface area (Å²) in [7, 11) is 0. The van der Waals surface area contributed by atoms with Gasteiger partial charge in [0.05, 0.1) is 4.47 Å². The smallest absolute Gasteiger partial charge is 0.173 e. The quantitative estimate of drug-likeness (QED) is 0.644. The molecule has 0 heterocycles. The average Bonchev–Trinajstić information content (AvgIpc) is 2.32. The molecule has 0 radical (unpaired) electrons. The minimum Gasteiger partial charge on any atom is -0.309 e. The van der Waals surface area contributed by atoms with Crippen molar-refractivity contribution in [3.63, 3.8) is 0 Å². The minimum absolute atomic E-state index is 0.140. The number of halogens is 3. The summed E-state index contributed by atoms with van der Waals surface area (Å²) in [6.07, 6.45) is 6.66. The van der Waals surface area contributed by atoms with E-state index >= 15 is 0 Å². The van der Waals surface area contributed by atoms with E-state index in [1.54, 1.807) is 6.07 Å². The molecule has 0 amide bonds. The van der Waals surface area contributed by atoms with Gasteiger partial charge >= 0.3 is 0 Å². The second-order valence-electron chi connectivity index (χ2n) is 3.68. The van der Waals surface area contributed by atoms with Gasteiger partial charge in [0.2, 0.25) is 0 Å². The zero-order valence-electron chi connectivity index (χ0n) is 9.56. The number of hydrogen-bond donors (Lipinski definition) is 1. The summed E-state index contributed by atoms with van der Waals surface area (Å²) in [5.74, 6) is 0.799. The standard InChI is InChI=1S/C13H14BrF2N/c1-3-5-11(17-8-4-2)9-6-7-10(15)13(16)12(9)14/h1,6-7,11,17H,4-5,8H2,2H3. The zero-order chi connectivity index (χ0) is 12.8. The Morgan fingerprint density at radius 2 is 2.18 bits per heavy atom. The van der Waals surface area contributed by atoms with Crippen LogP contribution in [0.3, 0.4) is 0 Å². The Balaban J connectivity index is 3.02. The van der Waals surface area contributed by atoms with Crippen LogP contribution in [0, 0.1) is 24.0 Å². The van der Waals surface area contributed by atoms with Gasteiger partial charge < -0.3 is 5.32 Å². The molecule has 0 aromatic heterocycles. The summed E-state index contributed by atoms with van der Waals surface area (Å²) >= 11 is 3.07. The highest BCUT2D eigenvalue weighted by molar-refractivity contribution is 9.10. The van der Waals surface area contributed by atoms with Crippen LogP contribution in [-0.4, -0.2) is 6.54 Å². The predicted molar refractivity (Wildman–Crippen MR) is 68.5 cm³/mol. The molecular weight excluding hydrogens is 288 g/mol. The minimum atomic E-state index is -0.872. The molecule has 4 heteroatoms. The van der Waals surface area contributed by atoms with Crippen LogP contribution in [0.1, 0.15) is 31.4 Å². The first kappa shape index (κ1) is 14.1. The van der Waals surface area contributed by atoms with E-state index in [2.05, 4.69) is 27.2 Å². The third-order valence-corrected chi connectivity index (χ3v) is 3.21. The zero-order valence-corrected chi connectivity index (χ0v) is 11.2. The van der Waals surface area contributed by atoms with Gasteiger partial charge in [0.25, 0.3) is 0 Å². The Labute approximate surface area is 109 Å². The normalized spacial score (nSPS) is 12.2. The highest BCUT2D eigenvalue weighted by Crippen LogP contribution is 2.29. The van der Waals surface area contributed by atoms with Gasteiger partial charge in [-0.1, -0.05) is 13.0 Å². The SMILES string of the molecule is C#CCC(NCCC)c1ccc(F)c(F)c1Br. The molecule has 0 saturated carbocycles. The second-order valence-corrected chi connectivity index (χ2v) is 4.47. The van der Waals surface area contributed by atoms with Crippen LogP contribution in [0.2, 0.25) is 0 Å². The van der Waals surface area contributed by atoms with Crippen LogP contribution < -0.4 is 5.32 Å². The Bertz CT molecular complexity index is 426. The lowest BCUT2D eigenvalue weighted by Crippen LogP contribution is -2.22. The lowest BCUT2D eigenvalue weighted by molar-refractivity contribution is 0.490. The van der Waals surface area contributed by atoms with Gasteiger partial charge in [-0.05, 0) is 40.5 Å². The van der Waals surface area contributed by atoms with Crippen molar-refractivity contribution < 1.29 is 8.78 Å². The fraction of sp³-hybridized carbons (Fsp3) is 0.385. The number of benzene rings is 1. The largest absolute Gasteiger partial charge is 0.309 e. The van der Waals surface area contributed by atoms with Crippen LogP contribution in [0.15, 0.2) is 16.6 Å². The molecule has 1 aromatic carbocycles. The summed E-state index contributed by atoms with van der Waals surface area (Å²) < 4.78 is 26.5. The number of rotatable bonds is 5. The molecule has 1 aromatic rings. The summed E-state index contributed by atoms with van der Waals surface area (Å²) in [6.45, 7) is 2.80. The van der Waals surface area contributed by atoms with Crippen molar-refractivity contribution in [1.82, 2.24) is 5.32 Å². The van der Waals surface area contributed by atoms with Crippen LogP contribution in [0.25, 0.3) is 0 Å². The van der Waals surface area contributed by atoms with Gasteiger partial charge in [-0.2, -0.15) is 0 Å². The third-order valence-electron chi connectivity index (χ3n) is 2.40. The molecule has 0 aliphatic carbocycles. The highest BCUT2D eigenvalue weighted by atomic mass is 79.9. The van der Waals surface area contributed by atoms with Crippen molar-refractivity contribution in [1.29, 1.82) is 0 Å². The Morgan fingerprint density at radius 3 is 2.76 bits per heavy atom. The third kappa shape index (κ3) is 3.52. The first-order valence-electron chi connectivity index (χ1n) is 5.42. The molecule has 1 N–H and O–H groups in total. The summed E-state index contributed by atoms with van der Waals surface area (Å²) in [4.78, 5) is 0. The van der Waals surface area contributed by atoms with Gasteiger partial charge in [-0.15, -0.1) is 12.3 Å². The molecular formula is C13H14BrF2N. The molecule has 17 heavy (non-hydrogen) atoms. The molecule has 0 bridgehead atoms. The predicted octanol–water partition coefficient (Wildman–Crippen LogP) is 3.79. The van der Waals surface area contributed by atoms with Crippen LogP contribution in [-0.2, 0) is 0 Å². The topological polar surface area (TPSA) is 12.0 Å². The summed E-state index contributed by atoms with van der Waals surface area (Å²) in [5.41, 5.74) is 0.648. The van der Waals surface area contributed by atoms with E-state index in [-0.39, 0.29) is 10.5 Å². The molecule has 92 valence electrons. The monoisotopic (exact) mass is 301 g/mol. The van der Waals surface area contributed by atoms with E-state index in [4.69, 9.17) is 6.42 Å². The fourth-order valence-corrected chi connectivity index (χ4v) is 2.14. The number of hydrogen-bond acceptors (Lipinski definition) is 1. The van der Waals surface area contributed by atoms with E-state index in [0.717, 1.165) is 19.0 Å². The summed E-state index contributed by atoms with van der Waals surface area (Å²) in [6, 6.07) is 2.50. The van der Waals surface area contributed by atoms with E-state index in [9.17, 15) is 8.78 Å². The molecule has 0 aliphatic rings. The maximum atomic E-state index is 13.4. The van der Waals surface area contributed by atoms with Gasteiger partial charge in [-0.3, -0.25) is 0 Å². The van der Waals surface area contributed by atoms with Gasteiger partial charge in [-0.25, -0.2) is 8.78 Å². The van der Waals surface area contributed by atoms with Crippen molar-refractivity contribution in [2.24, 2.45) is 0 Å². The molecule has 0 spiro atoms. The van der Waals surface area contributed by atoms with Crippen LogP contribution in [0.5, 0.6) is 0 Å². The van der Waals surface area contributed by atoms with Crippen LogP contribution in [0.4, 0.5) is 8.78 Å². The molecule has 1 rings (SSSR count). The fourth-order valence-electron chi connectivity index (χ4n) is 1.54. The molecule has 1 nitrogen and oxygen atoms in total. The maximum Gasteiger partial charge on any atom is 0.173 e. The Morgan fingerprint density at radius 1 is 1.47 bits per heavy atom. The van der Waals surface area contributed by atoms with Gasteiger partial charge in [0, 0.05) is 12.5 Å². The highest BCUT2D eigenvalue weighted by Gasteiger charge is 2.17. The first-order valence-corrected chi connectivity index (χ1v) is 6.21. The molecule has 0 saturated heterocycles. The second kappa shape index (κ2) is 6.73. The molecule has 0 fully saturated rings. The van der Waals surface area contributed by atoms with Crippen molar-refractivity contribution in [3.05, 3.63) is 33.8 Å². The lowest BCUT2D eigenvalue weighted by Gasteiger charge is -2.18. The average molecular weight is 302 g/mol.